The first kappa shape index (κ1) is 14.1. The Kier molecular flexibility index (Phi) is 6.52. The Hall–Kier alpha value is -1.90. The van der Waals surface area contributed by atoms with Crippen molar-refractivity contribution in [2.24, 2.45) is 22.2 Å². The van der Waals surface area contributed by atoms with Crippen molar-refractivity contribution in [1.82, 2.24) is 0 Å². The summed E-state index contributed by atoms with van der Waals surface area (Å²) in [5, 5.41) is 9.90. The van der Waals surface area contributed by atoms with E-state index in [0.29, 0.717) is 19.4 Å². The molecule has 0 aromatic heterocycles. The van der Waals surface area contributed by atoms with Crippen molar-refractivity contribution in [3.05, 3.63) is 10.1 Å². The molecule has 1 atom stereocenters. The number of hydrogen-bond acceptors (Lipinski definition) is 6. The van der Waals surface area contributed by atoms with Crippen molar-refractivity contribution < 1.29 is 14.5 Å². The number of esters is 1. The summed E-state index contributed by atoms with van der Waals surface area (Å²) >= 11 is 0. The van der Waals surface area contributed by atoms with Gasteiger partial charge in [0.25, 0.3) is 0 Å². The van der Waals surface area contributed by atoms with Gasteiger partial charge in [0.05, 0.1) is 4.92 Å². The number of nitro groups is 1. The lowest BCUT2D eigenvalue weighted by molar-refractivity contribution is -0.519. The normalized spacial score (nSPS) is 11.6. The van der Waals surface area contributed by atoms with E-state index in [2.05, 4.69) is 9.73 Å². The molecule has 0 heterocycles. The van der Waals surface area contributed by atoms with Gasteiger partial charge in [-0.1, -0.05) is 0 Å². The Morgan fingerprint density at radius 3 is 2.62 bits per heavy atom. The molecule has 0 aromatic rings. The molecule has 0 spiro atoms. The zero-order valence-electron chi connectivity index (χ0n) is 8.67. The van der Waals surface area contributed by atoms with E-state index in [9.17, 15) is 14.9 Å². The fourth-order valence-electron chi connectivity index (χ4n) is 0.861. The molecule has 0 saturated carbocycles. The molecule has 92 valence electrons. The molecule has 16 heavy (non-hydrogen) atoms. The van der Waals surface area contributed by atoms with Crippen molar-refractivity contribution in [3.63, 3.8) is 0 Å². The Labute approximate surface area is 91.8 Å². The lowest BCUT2D eigenvalue weighted by Crippen LogP contribution is -2.33. The SMILES string of the molecule is NC(N)=NCCCC(N)C(=O)OC[N+](=O)[O-]. The second-order valence-corrected chi connectivity index (χ2v) is 2.98. The van der Waals surface area contributed by atoms with Crippen LogP contribution in [0, 0.1) is 10.1 Å². The average Bonchev–Trinajstić information content (AvgIpc) is 2.20. The van der Waals surface area contributed by atoms with E-state index in [1.807, 2.05) is 0 Å². The molecular weight excluding hydrogens is 218 g/mol. The van der Waals surface area contributed by atoms with Crippen molar-refractivity contribution in [3.8, 4) is 0 Å². The van der Waals surface area contributed by atoms with Crippen LogP contribution in [0.3, 0.4) is 0 Å². The molecule has 0 fully saturated rings. The van der Waals surface area contributed by atoms with Gasteiger partial charge in [0.1, 0.15) is 6.04 Å². The molecule has 0 aliphatic rings. The van der Waals surface area contributed by atoms with Crippen LogP contribution in [0.2, 0.25) is 0 Å². The molecule has 6 N–H and O–H groups in total. The highest BCUT2D eigenvalue weighted by molar-refractivity contribution is 5.76. The lowest BCUT2D eigenvalue weighted by atomic mass is 10.2. The number of nitrogens with two attached hydrogens (primary N) is 3. The summed E-state index contributed by atoms with van der Waals surface area (Å²) in [4.78, 5) is 23.9. The number of carbonyl (C=O) groups is 1. The zero-order chi connectivity index (χ0) is 12.6. The number of guanidine groups is 1. The van der Waals surface area contributed by atoms with Crippen molar-refractivity contribution in [2.45, 2.75) is 18.9 Å². The monoisotopic (exact) mass is 233 g/mol. The van der Waals surface area contributed by atoms with Crippen LogP contribution in [0.25, 0.3) is 0 Å². The highest BCUT2D eigenvalue weighted by atomic mass is 16.7. The molecule has 0 radical (unpaired) electrons. The highest BCUT2D eigenvalue weighted by Crippen LogP contribution is 1.97. The molecule has 0 aliphatic heterocycles. The maximum Gasteiger partial charge on any atom is 0.346 e. The van der Waals surface area contributed by atoms with E-state index in [1.165, 1.54) is 0 Å². The first-order valence-electron chi connectivity index (χ1n) is 4.53. The van der Waals surface area contributed by atoms with Gasteiger partial charge in [-0.25, -0.2) is 0 Å². The van der Waals surface area contributed by atoms with Gasteiger partial charge < -0.3 is 21.9 Å². The van der Waals surface area contributed by atoms with Gasteiger partial charge in [0, 0.05) is 6.54 Å². The summed E-state index contributed by atoms with van der Waals surface area (Å²) in [6.45, 7) is -0.529. The van der Waals surface area contributed by atoms with Crippen molar-refractivity contribution >= 4 is 11.9 Å². The third kappa shape index (κ3) is 7.50. The van der Waals surface area contributed by atoms with Gasteiger partial charge in [-0.3, -0.25) is 19.9 Å². The fraction of sp³-hybridized carbons (Fsp3) is 0.714. The summed E-state index contributed by atoms with van der Waals surface area (Å²) in [5.41, 5.74) is 15.6. The predicted octanol–water partition coefficient (Wildman–Crippen LogP) is -1.86. The van der Waals surface area contributed by atoms with Crippen LogP contribution >= 0.6 is 0 Å². The molecule has 0 amide bonds. The zero-order valence-corrected chi connectivity index (χ0v) is 8.67. The smallest absolute Gasteiger partial charge is 0.346 e. The lowest BCUT2D eigenvalue weighted by Gasteiger charge is -2.07. The van der Waals surface area contributed by atoms with Gasteiger partial charge in [0.2, 0.25) is 0 Å². The molecule has 0 aromatic carbocycles. The molecule has 0 saturated heterocycles. The van der Waals surface area contributed by atoms with E-state index in [1.54, 1.807) is 0 Å². The first-order chi connectivity index (χ1) is 7.43. The Morgan fingerprint density at radius 2 is 2.12 bits per heavy atom. The first-order valence-corrected chi connectivity index (χ1v) is 4.53. The number of carbonyl (C=O) groups excluding carboxylic acids is 1. The van der Waals surface area contributed by atoms with Crippen LogP contribution in [-0.4, -0.2) is 36.2 Å². The van der Waals surface area contributed by atoms with E-state index in [0.717, 1.165) is 0 Å². The molecular formula is C7H15N5O4. The minimum absolute atomic E-state index is 0.0375. The summed E-state index contributed by atoms with van der Waals surface area (Å²) in [7, 11) is 0. The van der Waals surface area contributed by atoms with Crippen LogP contribution in [0.1, 0.15) is 12.8 Å². The second kappa shape index (κ2) is 7.40. The summed E-state index contributed by atoms with van der Waals surface area (Å²) in [6, 6.07) is -0.894. The standard InChI is InChI=1S/C7H15N5O4/c8-5(2-1-3-11-7(9)10)6(13)16-4-12(14)15/h5H,1-4,8H2,(H4,9,10,11). The molecule has 1 unspecified atom stereocenters. The van der Waals surface area contributed by atoms with Crippen LogP contribution in [0.5, 0.6) is 0 Å². The topological polar surface area (TPSA) is 160 Å². The minimum atomic E-state index is -0.894. The fourth-order valence-corrected chi connectivity index (χ4v) is 0.861. The third-order valence-corrected chi connectivity index (χ3v) is 1.58. The summed E-state index contributed by atoms with van der Waals surface area (Å²) in [6.07, 6.45) is 0.792. The van der Waals surface area contributed by atoms with Gasteiger partial charge in [-0.15, -0.1) is 0 Å². The molecule has 0 rings (SSSR count). The van der Waals surface area contributed by atoms with E-state index >= 15 is 0 Å². The molecule has 9 nitrogen and oxygen atoms in total. The van der Waals surface area contributed by atoms with E-state index in [-0.39, 0.29) is 5.96 Å². The number of ether oxygens (including phenoxy) is 1. The highest BCUT2D eigenvalue weighted by Gasteiger charge is 2.16. The molecule has 0 bridgehead atoms. The Balaban J connectivity index is 3.71. The minimum Gasteiger partial charge on any atom is -0.399 e. The molecule has 0 aliphatic carbocycles. The summed E-state index contributed by atoms with van der Waals surface area (Å²) < 4.78 is 4.30. The number of hydrogen-bond donors (Lipinski definition) is 3. The second-order valence-electron chi connectivity index (χ2n) is 2.98. The van der Waals surface area contributed by atoms with Crippen LogP contribution in [0.4, 0.5) is 0 Å². The van der Waals surface area contributed by atoms with Gasteiger partial charge in [-0.2, -0.15) is 0 Å². The van der Waals surface area contributed by atoms with Crippen LogP contribution in [-0.2, 0) is 9.53 Å². The quantitative estimate of drug-likeness (QED) is 0.0883. The Morgan fingerprint density at radius 1 is 1.50 bits per heavy atom. The van der Waals surface area contributed by atoms with Gasteiger partial charge in [-0.05, 0) is 12.8 Å². The summed E-state index contributed by atoms with van der Waals surface area (Å²) in [5.74, 6) is -0.842. The van der Waals surface area contributed by atoms with Gasteiger partial charge >= 0.3 is 12.7 Å². The maximum absolute atomic E-state index is 11.0. The van der Waals surface area contributed by atoms with Crippen molar-refractivity contribution in [2.75, 3.05) is 13.3 Å². The largest absolute Gasteiger partial charge is 0.399 e. The van der Waals surface area contributed by atoms with E-state index < -0.39 is 23.7 Å². The van der Waals surface area contributed by atoms with Gasteiger partial charge in [0.15, 0.2) is 5.96 Å². The number of aliphatic imine (C=N–C) groups is 1. The Bertz CT molecular complexity index is 276. The maximum atomic E-state index is 11.0. The number of rotatable bonds is 7. The average molecular weight is 233 g/mol. The van der Waals surface area contributed by atoms with Crippen molar-refractivity contribution in [1.29, 1.82) is 0 Å². The molecule has 9 heteroatoms. The van der Waals surface area contributed by atoms with Crippen LogP contribution in [0.15, 0.2) is 4.99 Å². The van der Waals surface area contributed by atoms with Crippen LogP contribution < -0.4 is 17.2 Å². The number of nitrogens with zero attached hydrogens (tertiary/aromatic N) is 2. The predicted molar refractivity (Wildman–Crippen MR) is 55.8 cm³/mol. The van der Waals surface area contributed by atoms with E-state index in [4.69, 9.17) is 17.2 Å². The third-order valence-electron chi connectivity index (χ3n) is 1.58.